The van der Waals surface area contributed by atoms with E-state index in [0.717, 1.165) is 55.6 Å². The second-order valence-corrected chi connectivity index (χ2v) is 8.40. The fraction of sp³-hybridized carbons (Fsp3) is 0.231. The van der Waals surface area contributed by atoms with Gasteiger partial charge in [0.25, 0.3) is 0 Å². The molecule has 0 fully saturated rings. The molecule has 1 atom stereocenters. The van der Waals surface area contributed by atoms with E-state index in [1.165, 1.54) is 0 Å². The van der Waals surface area contributed by atoms with Gasteiger partial charge in [-0.2, -0.15) is 5.26 Å². The molecule has 3 heterocycles. The summed E-state index contributed by atoms with van der Waals surface area (Å²) in [4.78, 5) is 8.96. The van der Waals surface area contributed by atoms with Crippen LogP contribution in [0.2, 0.25) is 0 Å². The van der Waals surface area contributed by atoms with Crippen LogP contribution in [0, 0.1) is 32.2 Å². The molecule has 0 aliphatic heterocycles. The summed E-state index contributed by atoms with van der Waals surface area (Å²) in [6.45, 7) is 8.10. The predicted molar refractivity (Wildman–Crippen MR) is 127 cm³/mol. The van der Waals surface area contributed by atoms with E-state index >= 15 is 0 Å². The first kappa shape index (κ1) is 20.7. The van der Waals surface area contributed by atoms with Crippen LogP contribution >= 0.6 is 0 Å². The van der Waals surface area contributed by atoms with Crippen molar-refractivity contribution in [1.29, 1.82) is 5.26 Å². The Bertz CT molecular complexity index is 1610. The summed E-state index contributed by atoms with van der Waals surface area (Å²) in [7, 11) is 1.92. The number of hydrogen-bond acceptors (Lipinski definition) is 5. The minimum Gasteiger partial charge on any atom is -0.361 e. The highest BCUT2D eigenvalue weighted by Crippen LogP contribution is 2.35. The van der Waals surface area contributed by atoms with Gasteiger partial charge in [0.05, 0.1) is 34.5 Å². The van der Waals surface area contributed by atoms with Crippen molar-refractivity contribution >= 4 is 21.9 Å². The van der Waals surface area contributed by atoms with Crippen LogP contribution < -0.4 is 5.62 Å². The Balaban J connectivity index is 1.88. The van der Waals surface area contributed by atoms with Crippen LogP contribution in [0.5, 0.6) is 0 Å². The fourth-order valence-electron chi connectivity index (χ4n) is 4.75. The Morgan fingerprint density at radius 2 is 1.88 bits per heavy atom. The van der Waals surface area contributed by atoms with E-state index in [9.17, 15) is 5.26 Å². The Hall–Kier alpha value is -4.18. The molecule has 0 amide bonds. The van der Waals surface area contributed by atoms with Gasteiger partial charge in [-0.05, 0) is 56.5 Å². The number of nitrogens with zero attached hydrogens (tertiary/aromatic N) is 6. The average Bonchev–Trinajstić information content (AvgIpc) is 3.30. The van der Waals surface area contributed by atoms with Gasteiger partial charge in [0.1, 0.15) is 5.76 Å². The third-order valence-corrected chi connectivity index (χ3v) is 6.41. The maximum atomic E-state index is 9.42. The lowest BCUT2D eigenvalue weighted by atomic mass is 9.96. The van der Waals surface area contributed by atoms with Crippen molar-refractivity contribution in [2.24, 2.45) is 12.0 Å². The number of imidazole rings is 1. The Kier molecular flexibility index (Phi) is 4.86. The van der Waals surface area contributed by atoms with Crippen molar-refractivity contribution in [2.75, 3.05) is 0 Å². The number of hydrogen-bond donors (Lipinski definition) is 0. The summed E-state index contributed by atoms with van der Waals surface area (Å²) in [6.07, 6.45) is 3.83. The van der Waals surface area contributed by atoms with E-state index in [4.69, 9.17) is 9.51 Å². The molecular formula is C26H24N6O. The molecular weight excluding hydrogens is 412 g/mol. The molecule has 7 nitrogen and oxygen atoms in total. The largest absolute Gasteiger partial charge is 0.361 e. The zero-order valence-corrected chi connectivity index (χ0v) is 19.3. The lowest BCUT2D eigenvalue weighted by Gasteiger charge is -2.16. The monoisotopic (exact) mass is 436 g/mol. The van der Waals surface area contributed by atoms with Crippen LogP contribution in [0.1, 0.15) is 35.5 Å². The Morgan fingerprint density at radius 3 is 2.55 bits per heavy atom. The number of pyridine rings is 1. The zero-order chi connectivity index (χ0) is 23.3. The maximum absolute atomic E-state index is 9.42. The second-order valence-electron chi connectivity index (χ2n) is 8.40. The average molecular weight is 437 g/mol. The van der Waals surface area contributed by atoms with E-state index in [-0.39, 0.29) is 6.04 Å². The summed E-state index contributed by atoms with van der Waals surface area (Å²) in [5.74, 6) is 0.790. The van der Waals surface area contributed by atoms with Crippen LogP contribution in [-0.4, -0.2) is 19.3 Å². The molecule has 7 heteroatoms. The molecule has 5 rings (SSSR count). The van der Waals surface area contributed by atoms with Crippen molar-refractivity contribution in [2.45, 2.75) is 33.7 Å². The van der Waals surface area contributed by atoms with Gasteiger partial charge in [0.15, 0.2) is 0 Å². The van der Waals surface area contributed by atoms with Crippen LogP contribution in [0.15, 0.2) is 58.2 Å². The van der Waals surface area contributed by atoms with Gasteiger partial charge in [-0.15, -0.1) is 4.99 Å². The van der Waals surface area contributed by atoms with Gasteiger partial charge in [0.2, 0.25) is 11.8 Å². The molecule has 0 aliphatic carbocycles. The molecule has 2 aromatic carbocycles. The molecule has 0 saturated heterocycles. The van der Waals surface area contributed by atoms with Gasteiger partial charge in [-0.3, -0.25) is 4.98 Å². The molecule has 33 heavy (non-hydrogen) atoms. The van der Waals surface area contributed by atoms with E-state index in [1.54, 1.807) is 0 Å². The Labute approximate surface area is 191 Å². The van der Waals surface area contributed by atoms with Crippen molar-refractivity contribution in [3.8, 4) is 17.3 Å². The van der Waals surface area contributed by atoms with Crippen molar-refractivity contribution in [3.63, 3.8) is 0 Å². The molecule has 0 bridgehead atoms. The number of aryl methyl sites for hydroxylation is 4. The minimum absolute atomic E-state index is 0.0323. The summed E-state index contributed by atoms with van der Waals surface area (Å²) >= 11 is 0. The van der Waals surface area contributed by atoms with Crippen molar-refractivity contribution < 1.29 is 4.52 Å². The first-order chi connectivity index (χ1) is 15.9. The maximum Gasteiger partial charge on any atom is 0.222 e. The normalized spacial score (nSPS) is 13.0. The zero-order valence-electron chi connectivity index (χ0n) is 19.3. The molecule has 0 radical (unpaired) electrons. The first-order valence-electron chi connectivity index (χ1n) is 10.8. The van der Waals surface area contributed by atoms with E-state index in [0.29, 0.717) is 5.62 Å². The molecule has 0 N–H and O–H groups in total. The van der Waals surface area contributed by atoms with E-state index < -0.39 is 0 Å². The van der Waals surface area contributed by atoms with Crippen LogP contribution in [-0.2, 0) is 7.05 Å². The summed E-state index contributed by atoms with van der Waals surface area (Å²) in [6, 6.07) is 14.5. The van der Waals surface area contributed by atoms with Crippen molar-refractivity contribution in [1.82, 2.24) is 19.3 Å². The van der Waals surface area contributed by atoms with Crippen molar-refractivity contribution in [3.05, 3.63) is 76.9 Å². The summed E-state index contributed by atoms with van der Waals surface area (Å²) in [5.41, 5.74) is 8.55. The number of nitriles is 1. The van der Waals surface area contributed by atoms with E-state index in [1.807, 2.05) is 56.1 Å². The lowest BCUT2D eigenvalue weighted by molar-refractivity contribution is 0.393. The van der Waals surface area contributed by atoms with Crippen LogP contribution in [0.25, 0.3) is 33.1 Å². The van der Waals surface area contributed by atoms with Gasteiger partial charge >= 0.3 is 0 Å². The highest BCUT2D eigenvalue weighted by molar-refractivity contribution is 6.04. The molecule has 0 unspecified atom stereocenters. The molecule has 5 aromatic rings. The first-order valence-corrected chi connectivity index (χ1v) is 10.8. The van der Waals surface area contributed by atoms with Gasteiger partial charge in [0, 0.05) is 18.0 Å². The second kappa shape index (κ2) is 7.75. The van der Waals surface area contributed by atoms with Gasteiger partial charge < -0.3 is 13.7 Å². The van der Waals surface area contributed by atoms with Gasteiger partial charge in [-0.1, -0.05) is 35.5 Å². The fourth-order valence-corrected chi connectivity index (χ4v) is 4.75. The topological polar surface area (TPSA) is 84.9 Å². The third kappa shape index (κ3) is 3.14. The van der Waals surface area contributed by atoms with Gasteiger partial charge in [-0.25, -0.2) is 0 Å². The molecule has 0 aliphatic rings. The predicted octanol–water partition coefficient (Wildman–Crippen LogP) is 5.10. The lowest BCUT2D eigenvalue weighted by Crippen LogP contribution is -2.27. The standard InChI is InChI=1S/C26H24N6O/c1-15-11-21-22(12-20(15)24-16(2)30-33-18(24)4)28-13-23-25(21)32(26(29-14-27)31(23)5)17(3)19-9-7-6-8-10-19/h6-13,17H,1-5H3/t17-/m1/s1. The number of aromatic nitrogens is 4. The molecule has 3 aromatic heterocycles. The third-order valence-electron chi connectivity index (χ3n) is 6.41. The van der Waals surface area contributed by atoms with E-state index in [2.05, 4.69) is 52.8 Å². The summed E-state index contributed by atoms with van der Waals surface area (Å²) < 4.78 is 9.48. The number of rotatable bonds is 3. The summed E-state index contributed by atoms with van der Waals surface area (Å²) in [5, 5.41) is 14.6. The van der Waals surface area contributed by atoms with Crippen LogP contribution in [0.3, 0.4) is 0 Å². The highest BCUT2D eigenvalue weighted by atomic mass is 16.5. The molecule has 164 valence electrons. The minimum atomic E-state index is -0.0323. The molecule has 0 saturated carbocycles. The number of fused-ring (bicyclic) bond motifs is 3. The molecule has 0 spiro atoms. The smallest absolute Gasteiger partial charge is 0.222 e. The van der Waals surface area contributed by atoms with Crippen LogP contribution in [0.4, 0.5) is 0 Å². The number of benzene rings is 2. The quantitative estimate of drug-likeness (QED) is 0.368. The Morgan fingerprint density at radius 1 is 1.12 bits per heavy atom. The highest BCUT2D eigenvalue weighted by Gasteiger charge is 2.21. The SMILES string of the molecule is Cc1cc2c(cc1-c1c(C)noc1C)ncc1c2n([C@H](C)c2ccccc2)c(=NC#N)n1C.